The number of anilines is 1. The van der Waals surface area contributed by atoms with E-state index in [2.05, 4.69) is 4.98 Å². The summed E-state index contributed by atoms with van der Waals surface area (Å²) in [5.74, 6) is 0.700. The van der Waals surface area contributed by atoms with Crippen LogP contribution in [0.1, 0.15) is 16.8 Å². The summed E-state index contributed by atoms with van der Waals surface area (Å²) in [4.78, 5) is 32.4. The molecule has 1 aliphatic heterocycles. The Morgan fingerprint density at radius 3 is 2.68 bits per heavy atom. The normalized spacial score (nSPS) is 12.5. The van der Waals surface area contributed by atoms with Crippen LogP contribution in [-0.2, 0) is 0 Å². The summed E-state index contributed by atoms with van der Waals surface area (Å²) in [6.45, 7) is 1.24. The molecule has 0 bridgehead atoms. The Balaban J connectivity index is 1.74. The van der Waals surface area contributed by atoms with Gasteiger partial charge in [0.25, 0.3) is 11.6 Å². The number of hydrogen-bond donors (Lipinski definition) is 0. The third-order valence-corrected chi connectivity index (χ3v) is 6.00. The Hall–Kier alpha value is -2.95. The number of ether oxygens (including phenoxy) is 2. The first-order valence-electron chi connectivity index (χ1n) is 9.44. The minimum atomic E-state index is -0.584. The van der Waals surface area contributed by atoms with Crippen LogP contribution in [0.3, 0.4) is 0 Å². The lowest BCUT2D eigenvalue weighted by Crippen LogP contribution is -2.33. The molecule has 0 saturated heterocycles. The molecule has 9 nitrogen and oxygen atoms in total. The van der Waals surface area contributed by atoms with Crippen LogP contribution >= 0.6 is 22.9 Å². The predicted molar refractivity (Wildman–Crippen MR) is 119 cm³/mol. The second-order valence-corrected chi connectivity index (χ2v) is 8.65. The van der Waals surface area contributed by atoms with E-state index in [4.69, 9.17) is 21.1 Å². The van der Waals surface area contributed by atoms with Crippen LogP contribution in [-0.4, -0.2) is 54.7 Å². The second kappa shape index (κ2) is 8.66. The minimum absolute atomic E-state index is 0.0734. The Morgan fingerprint density at radius 2 is 1.97 bits per heavy atom. The van der Waals surface area contributed by atoms with E-state index in [-0.39, 0.29) is 23.1 Å². The molecule has 0 aliphatic carbocycles. The summed E-state index contributed by atoms with van der Waals surface area (Å²) in [5, 5.41) is 12.2. The first-order valence-corrected chi connectivity index (χ1v) is 10.6. The third kappa shape index (κ3) is 4.41. The molecule has 0 unspecified atom stereocenters. The van der Waals surface area contributed by atoms with Gasteiger partial charge in [-0.1, -0.05) is 22.9 Å². The summed E-state index contributed by atoms with van der Waals surface area (Å²) >= 11 is 7.36. The van der Waals surface area contributed by atoms with E-state index in [1.165, 1.54) is 34.4 Å². The number of benzene rings is 2. The van der Waals surface area contributed by atoms with Gasteiger partial charge in [-0.05, 0) is 39.2 Å². The molecule has 0 atom stereocenters. The van der Waals surface area contributed by atoms with Crippen molar-refractivity contribution in [3.05, 3.63) is 51.0 Å². The van der Waals surface area contributed by atoms with Crippen LogP contribution in [0, 0.1) is 10.1 Å². The molecule has 0 saturated carbocycles. The Labute approximate surface area is 186 Å². The molecule has 4 rings (SSSR count). The van der Waals surface area contributed by atoms with Crippen molar-refractivity contribution in [1.29, 1.82) is 0 Å². The van der Waals surface area contributed by atoms with Crippen LogP contribution in [0.4, 0.5) is 10.8 Å². The largest absolute Gasteiger partial charge is 0.454 e. The molecular weight excluding hydrogens is 444 g/mol. The summed E-state index contributed by atoms with van der Waals surface area (Å²) < 4.78 is 11.7. The highest BCUT2D eigenvalue weighted by Crippen LogP contribution is 2.40. The maximum Gasteiger partial charge on any atom is 0.282 e. The molecule has 0 N–H and O–H groups in total. The standard InChI is InChI=1S/C20H19ClN4O5S/c1-23(2)6-3-7-24(19(26)13-8-12(21)4-5-15(13)25(27)28)20-22-14-9-16-17(30-11-29-16)10-18(14)31-20/h4-5,8-10H,3,6-7,11H2,1-2H3. The Bertz CT molecular complexity index is 1120. The molecule has 2 heterocycles. The van der Waals surface area contributed by atoms with Gasteiger partial charge in [0.15, 0.2) is 16.6 Å². The smallest absolute Gasteiger partial charge is 0.282 e. The van der Waals surface area contributed by atoms with Gasteiger partial charge in [-0.3, -0.25) is 19.8 Å². The van der Waals surface area contributed by atoms with E-state index in [1.54, 1.807) is 6.07 Å². The number of amides is 1. The van der Waals surface area contributed by atoms with Crippen molar-refractivity contribution in [3.63, 3.8) is 0 Å². The molecule has 0 spiro atoms. The van der Waals surface area contributed by atoms with Gasteiger partial charge < -0.3 is 14.4 Å². The number of nitro benzene ring substituents is 1. The molecule has 1 aliphatic rings. The summed E-state index contributed by atoms with van der Waals surface area (Å²) in [6.07, 6.45) is 0.658. The number of carbonyl (C=O) groups is 1. The van der Waals surface area contributed by atoms with Crippen LogP contribution in [0.2, 0.25) is 5.02 Å². The highest BCUT2D eigenvalue weighted by molar-refractivity contribution is 7.22. The fourth-order valence-electron chi connectivity index (χ4n) is 3.23. The highest BCUT2D eigenvalue weighted by atomic mass is 35.5. The highest BCUT2D eigenvalue weighted by Gasteiger charge is 2.28. The van der Waals surface area contributed by atoms with Gasteiger partial charge in [-0.2, -0.15) is 0 Å². The van der Waals surface area contributed by atoms with Crippen LogP contribution < -0.4 is 14.4 Å². The number of thiazole rings is 1. The van der Waals surface area contributed by atoms with Gasteiger partial charge in [0.05, 0.1) is 15.1 Å². The SMILES string of the molecule is CN(C)CCCN(C(=O)c1cc(Cl)ccc1[N+](=O)[O-])c1nc2cc3c(cc2s1)OCO3. The summed E-state index contributed by atoms with van der Waals surface area (Å²) in [5.41, 5.74) is 0.292. The number of aromatic nitrogens is 1. The quantitative estimate of drug-likeness (QED) is 0.383. The molecule has 0 fully saturated rings. The molecule has 0 radical (unpaired) electrons. The molecule has 2 aromatic carbocycles. The van der Waals surface area contributed by atoms with Gasteiger partial charge in [-0.15, -0.1) is 0 Å². The van der Waals surface area contributed by atoms with Gasteiger partial charge in [0.1, 0.15) is 5.56 Å². The fourth-order valence-corrected chi connectivity index (χ4v) is 4.41. The molecule has 3 aromatic rings. The molecular formula is C20H19ClN4O5S. The lowest BCUT2D eigenvalue weighted by atomic mass is 10.1. The van der Waals surface area contributed by atoms with Gasteiger partial charge >= 0.3 is 0 Å². The summed E-state index contributed by atoms with van der Waals surface area (Å²) in [6, 6.07) is 7.55. The first-order chi connectivity index (χ1) is 14.8. The monoisotopic (exact) mass is 462 g/mol. The minimum Gasteiger partial charge on any atom is -0.454 e. The molecule has 1 aromatic heterocycles. The van der Waals surface area contributed by atoms with E-state index in [0.29, 0.717) is 35.1 Å². The average Bonchev–Trinajstić information content (AvgIpc) is 3.33. The summed E-state index contributed by atoms with van der Waals surface area (Å²) in [7, 11) is 3.88. The van der Waals surface area contributed by atoms with E-state index in [0.717, 1.165) is 11.2 Å². The lowest BCUT2D eigenvalue weighted by Gasteiger charge is -2.21. The van der Waals surface area contributed by atoms with Gasteiger partial charge in [0.2, 0.25) is 6.79 Å². The predicted octanol–water partition coefficient (Wildman–Crippen LogP) is 4.19. The zero-order valence-corrected chi connectivity index (χ0v) is 18.4. The van der Waals surface area contributed by atoms with Crippen molar-refractivity contribution in [1.82, 2.24) is 9.88 Å². The van der Waals surface area contributed by atoms with Crippen molar-refractivity contribution in [2.24, 2.45) is 0 Å². The lowest BCUT2D eigenvalue weighted by molar-refractivity contribution is -0.385. The fraction of sp³-hybridized carbons (Fsp3) is 0.300. The number of halogens is 1. The maximum absolute atomic E-state index is 13.4. The number of nitro groups is 1. The van der Waals surface area contributed by atoms with Crippen LogP contribution in [0.25, 0.3) is 10.2 Å². The van der Waals surface area contributed by atoms with Gasteiger partial charge in [-0.25, -0.2) is 4.98 Å². The first kappa shape index (κ1) is 21.3. The molecule has 31 heavy (non-hydrogen) atoms. The van der Waals surface area contributed by atoms with Crippen molar-refractivity contribution < 1.29 is 19.2 Å². The van der Waals surface area contributed by atoms with Crippen molar-refractivity contribution >= 4 is 49.9 Å². The molecule has 1 amide bonds. The third-order valence-electron chi connectivity index (χ3n) is 4.72. The molecule has 11 heteroatoms. The van der Waals surface area contributed by atoms with E-state index < -0.39 is 10.8 Å². The topological polar surface area (TPSA) is 98.0 Å². The van der Waals surface area contributed by atoms with Crippen molar-refractivity contribution in [2.45, 2.75) is 6.42 Å². The number of hydrogen-bond acceptors (Lipinski definition) is 8. The van der Waals surface area contributed by atoms with Crippen LogP contribution in [0.5, 0.6) is 11.5 Å². The van der Waals surface area contributed by atoms with E-state index >= 15 is 0 Å². The Kier molecular flexibility index (Phi) is 5.94. The zero-order valence-electron chi connectivity index (χ0n) is 16.8. The number of nitrogens with zero attached hydrogens (tertiary/aromatic N) is 4. The van der Waals surface area contributed by atoms with Crippen LogP contribution in [0.15, 0.2) is 30.3 Å². The number of rotatable bonds is 7. The number of carbonyl (C=O) groups excluding carboxylic acids is 1. The maximum atomic E-state index is 13.4. The number of fused-ring (bicyclic) bond motifs is 2. The molecule has 162 valence electrons. The Morgan fingerprint density at radius 1 is 1.23 bits per heavy atom. The van der Waals surface area contributed by atoms with Crippen molar-refractivity contribution in [2.75, 3.05) is 38.9 Å². The van der Waals surface area contributed by atoms with E-state index in [1.807, 2.05) is 25.1 Å². The average molecular weight is 463 g/mol. The van der Waals surface area contributed by atoms with E-state index in [9.17, 15) is 14.9 Å². The van der Waals surface area contributed by atoms with Gasteiger partial charge in [0, 0.05) is 29.8 Å². The van der Waals surface area contributed by atoms with Crippen molar-refractivity contribution in [3.8, 4) is 11.5 Å². The zero-order chi connectivity index (χ0) is 22.1. The second-order valence-electron chi connectivity index (χ2n) is 7.20.